The minimum atomic E-state index is -0.733. The molecule has 28 heavy (non-hydrogen) atoms. The molecule has 0 aliphatic rings. The lowest BCUT2D eigenvalue weighted by molar-refractivity contribution is 0.0518. The third-order valence-corrected chi connectivity index (χ3v) is 4.21. The number of para-hydroxylation sites is 2. The Morgan fingerprint density at radius 3 is 2.54 bits per heavy atom. The first-order chi connectivity index (χ1) is 13.5. The van der Waals surface area contributed by atoms with E-state index >= 15 is 4.39 Å². The van der Waals surface area contributed by atoms with Crippen molar-refractivity contribution in [2.75, 3.05) is 32.8 Å². The van der Waals surface area contributed by atoms with Crippen LogP contribution in [0.15, 0.2) is 36.5 Å². The van der Waals surface area contributed by atoms with E-state index in [0.29, 0.717) is 11.3 Å². The Hall–Kier alpha value is -3.42. The largest absolute Gasteiger partial charge is 0.496 e. The van der Waals surface area contributed by atoms with Gasteiger partial charge in [-0.2, -0.15) is 0 Å². The van der Waals surface area contributed by atoms with Crippen LogP contribution in [0.3, 0.4) is 0 Å². The molecule has 0 amide bonds. The van der Waals surface area contributed by atoms with Crippen molar-refractivity contribution in [3.63, 3.8) is 0 Å². The Bertz CT molecular complexity index is 1030. The SMILES string of the molecule is CCOC(=O)c1c(OC)cc(N(C)c2cnc3ccccc3n2)c(F)c1OC. The summed E-state index contributed by atoms with van der Waals surface area (Å²) in [4.78, 5) is 22.6. The van der Waals surface area contributed by atoms with E-state index in [0.717, 1.165) is 5.52 Å². The summed E-state index contributed by atoms with van der Waals surface area (Å²) in [7, 11) is 4.30. The molecule has 7 nitrogen and oxygen atoms in total. The summed E-state index contributed by atoms with van der Waals surface area (Å²) in [6, 6.07) is 8.78. The second kappa shape index (κ2) is 8.08. The molecule has 0 atom stereocenters. The average molecular weight is 385 g/mol. The quantitative estimate of drug-likeness (QED) is 0.599. The number of halogens is 1. The van der Waals surface area contributed by atoms with Crippen molar-refractivity contribution in [2.45, 2.75) is 6.92 Å². The van der Waals surface area contributed by atoms with Gasteiger partial charge < -0.3 is 19.1 Å². The molecule has 3 rings (SSSR count). The fourth-order valence-corrected chi connectivity index (χ4v) is 2.82. The van der Waals surface area contributed by atoms with Crippen LogP contribution >= 0.6 is 0 Å². The van der Waals surface area contributed by atoms with Crippen LogP contribution in [0.25, 0.3) is 11.0 Å². The smallest absolute Gasteiger partial charge is 0.345 e. The van der Waals surface area contributed by atoms with Gasteiger partial charge in [-0.1, -0.05) is 12.1 Å². The maximum Gasteiger partial charge on any atom is 0.345 e. The van der Waals surface area contributed by atoms with Gasteiger partial charge in [0.2, 0.25) is 0 Å². The van der Waals surface area contributed by atoms with Crippen LogP contribution in [0.4, 0.5) is 15.9 Å². The Kier molecular flexibility index (Phi) is 5.58. The van der Waals surface area contributed by atoms with Gasteiger partial charge in [0.05, 0.1) is 43.7 Å². The molecule has 0 aliphatic heterocycles. The molecular weight excluding hydrogens is 365 g/mol. The minimum absolute atomic E-state index is 0.105. The van der Waals surface area contributed by atoms with Crippen molar-refractivity contribution < 1.29 is 23.4 Å². The Labute approximate surface area is 161 Å². The molecule has 0 fully saturated rings. The summed E-state index contributed by atoms with van der Waals surface area (Å²) in [6.07, 6.45) is 1.54. The molecular formula is C20H20FN3O4. The van der Waals surface area contributed by atoms with Crippen molar-refractivity contribution in [3.05, 3.63) is 47.9 Å². The van der Waals surface area contributed by atoms with Gasteiger partial charge in [-0.05, 0) is 19.1 Å². The van der Waals surface area contributed by atoms with Gasteiger partial charge in [0.1, 0.15) is 11.3 Å². The van der Waals surface area contributed by atoms with Crippen LogP contribution in [-0.4, -0.2) is 43.8 Å². The van der Waals surface area contributed by atoms with Crippen molar-refractivity contribution in [1.82, 2.24) is 9.97 Å². The Morgan fingerprint density at radius 1 is 1.18 bits per heavy atom. The summed E-state index contributed by atoms with van der Waals surface area (Å²) in [6.45, 7) is 1.80. The predicted molar refractivity (Wildman–Crippen MR) is 103 cm³/mol. The lowest BCUT2D eigenvalue weighted by Crippen LogP contribution is -2.16. The molecule has 2 aromatic carbocycles. The van der Waals surface area contributed by atoms with Crippen molar-refractivity contribution in [3.8, 4) is 11.5 Å². The second-order valence-electron chi connectivity index (χ2n) is 5.82. The number of nitrogens with zero attached hydrogens (tertiary/aromatic N) is 3. The van der Waals surface area contributed by atoms with Crippen LogP contribution in [0, 0.1) is 5.82 Å². The number of aromatic nitrogens is 2. The first-order valence-corrected chi connectivity index (χ1v) is 8.58. The van der Waals surface area contributed by atoms with Crippen LogP contribution in [-0.2, 0) is 4.74 Å². The topological polar surface area (TPSA) is 73.8 Å². The van der Waals surface area contributed by atoms with E-state index in [1.807, 2.05) is 24.3 Å². The summed E-state index contributed by atoms with van der Waals surface area (Å²) < 4.78 is 30.7. The zero-order chi connectivity index (χ0) is 20.3. The van der Waals surface area contributed by atoms with Crippen molar-refractivity contribution in [2.24, 2.45) is 0 Å². The molecule has 0 saturated carbocycles. The molecule has 0 aliphatic carbocycles. The van der Waals surface area contributed by atoms with Gasteiger partial charge in [0.15, 0.2) is 17.4 Å². The lowest BCUT2D eigenvalue weighted by Gasteiger charge is -2.22. The molecule has 1 heterocycles. The van der Waals surface area contributed by atoms with Gasteiger partial charge in [0.25, 0.3) is 0 Å². The minimum Gasteiger partial charge on any atom is -0.496 e. The number of carbonyl (C=O) groups is 1. The standard InChI is InChI=1S/C20H20FN3O4/c1-5-28-20(25)17-15(26-3)10-14(18(21)19(17)27-4)24(2)16-11-22-12-8-6-7-9-13(12)23-16/h6-11H,5H2,1-4H3. The maximum absolute atomic E-state index is 15.2. The molecule has 0 saturated heterocycles. The number of hydrogen-bond donors (Lipinski definition) is 0. The van der Waals surface area contributed by atoms with Crippen LogP contribution in [0.1, 0.15) is 17.3 Å². The average Bonchev–Trinajstić information content (AvgIpc) is 2.72. The molecule has 8 heteroatoms. The molecule has 1 aromatic heterocycles. The number of methoxy groups -OCH3 is 2. The number of benzene rings is 2. The zero-order valence-electron chi connectivity index (χ0n) is 16.0. The summed E-state index contributed by atoms with van der Waals surface area (Å²) in [5.41, 5.74) is 1.42. The molecule has 0 radical (unpaired) electrons. The Balaban J connectivity index is 2.13. The van der Waals surface area contributed by atoms with Gasteiger partial charge in [-0.3, -0.25) is 4.98 Å². The molecule has 0 spiro atoms. The number of fused-ring (bicyclic) bond motifs is 1. The number of esters is 1. The summed E-state index contributed by atoms with van der Waals surface area (Å²) in [5.74, 6) is -1.16. The zero-order valence-corrected chi connectivity index (χ0v) is 16.0. The highest BCUT2D eigenvalue weighted by molar-refractivity contribution is 5.97. The second-order valence-corrected chi connectivity index (χ2v) is 5.82. The first-order valence-electron chi connectivity index (χ1n) is 8.58. The van der Waals surface area contributed by atoms with Crippen LogP contribution < -0.4 is 14.4 Å². The van der Waals surface area contributed by atoms with Gasteiger partial charge in [0, 0.05) is 13.1 Å². The summed E-state index contributed by atoms with van der Waals surface area (Å²) in [5, 5.41) is 0. The highest BCUT2D eigenvalue weighted by Crippen LogP contribution is 2.40. The van der Waals surface area contributed by atoms with Crippen molar-refractivity contribution >= 4 is 28.5 Å². The van der Waals surface area contributed by atoms with E-state index in [9.17, 15) is 4.79 Å². The van der Waals surface area contributed by atoms with E-state index in [2.05, 4.69) is 9.97 Å². The number of rotatable bonds is 6. The van der Waals surface area contributed by atoms with Gasteiger partial charge >= 0.3 is 5.97 Å². The summed E-state index contributed by atoms with van der Waals surface area (Å²) >= 11 is 0. The number of ether oxygens (including phenoxy) is 3. The maximum atomic E-state index is 15.2. The third-order valence-electron chi connectivity index (χ3n) is 4.21. The van der Waals surface area contributed by atoms with E-state index in [4.69, 9.17) is 14.2 Å². The fourth-order valence-electron chi connectivity index (χ4n) is 2.82. The van der Waals surface area contributed by atoms with E-state index < -0.39 is 11.8 Å². The molecule has 0 N–H and O–H groups in total. The van der Waals surface area contributed by atoms with E-state index in [-0.39, 0.29) is 29.4 Å². The monoisotopic (exact) mass is 385 g/mol. The van der Waals surface area contributed by atoms with Crippen LogP contribution in [0.2, 0.25) is 0 Å². The predicted octanol–water partition coefficient (Wildman–Crippen LogP) is 3.73. The van der Waals surface area contributed by atoms with Crippen molar-refractivity contribution in [1.29, 1.82) is 0 Å². The van der Waals surface area contributed by atoms with Gasteiger partial charge in [-0.15, -0.1) is 0 Å². The number of hydrogen-bond acceptors (Lipinski definition) is 7. The number of anilines is 2. The van der Waals surface area contributed by atoms with Crippen LogP contribution in [0.5, 0.6) is 11.5 Å². The highest BCUT2D eigenvalue weighted by atomic mass is 19.1. The molecule has 146 valence electrons. The van der Waals surface area contributed by atoms with Gasteiger partial charge in [-0.25, -0.2) is 14.2 Å². The number of carbonyl (C=O) groups excluding carboxylic acids is 1. The lowest BCUT2D eigenvalue weighted by atomic mass is 10.1. The molecule has 3 aromatic rings. The normalized spacial score (nSPS) is 10.6. The fraction of sp³-hybridized carbons (Fsp3) is 0.250. The highest BCUT2D eigenvalue weighted by Gasteiger charge is 2.28. The van der Waals surface area contributed by atoms with E-state index in [1.54, 1.807) is 20.2 Å². The molecule has 0 bridgehead atoms. The Morgan fingerprint density at radius 2 is 1.89 bits per heavy atom. The molecule has 0 unspecified atom stereocenters. The van der Waals surface area contributed by atoms with E-state index in [1.165, 1.54) is 25.2 Å². The third kappa shape index (κ3) is 3.40. The first kappa shape index (κ1) is 19.3.